The molecular formula is C20H19ClN2O5. The fourth-order valence-electron chi connectivity index (χ4n) is 2.85. The SMILES string of the molecule is CNC(=O)c1cccc(NC(=O)COC(=O)C2COc3ccc(Cl)cc3C2)c1. The summed E-state index contributed by atoms with van der Waals surface area (Å²) in [5.74, 6) is -1.08. The number of carbonyl (C=O) groups excluding carboxylic acids is 3. The van der Waals surface area contributed by atoms with Crippen molar-refractivity contribution in [1.29, 1.82) is 0 Å². The Morgan fingerprint density at radius 3 is 2.82 bits per heavy atom. The molecule has 1 aliphatic rings. The highest BCUT2D eigenvalue weighted by molar-refractivity contribution is 6.30. The van der Waals surface area contributed by atoms with Gasteiger partial charge in [-0.2, -0.15) is 0 Å². The largest absolute Gasteiger partial charge is 0.492 e. The number of esters is 1. The van der Waals surface area contributed by atoms with Crippen molar-refractivity contribution in [1.82, 2.24) is 5.32 Å². The molecule has 2 aromatic carbocycles. The van der Waals surface area contributed by atoms with Crippen molar-refractivity contribution >= 4 is 35.1 Å². The van der Waals surface area contributed by atoms with Gasteiger partial charge in [0.1, 0.15) is 12.4 Å². The van der Waals surface area contributed by atoms with Gasteiger partial charge in [0.2, 0.25) is 0 Å². The number of hydrogen-bond acceptors (Lipinski definition) is 5. The van der Waals surface area contributed by atoms with Crippen LogP contribution in [0.5, 0.6) is 5.75 Å². The summed E-state index contributed by atoms with van der Waals surface area (Å²) in [5.41, 5.74) is 1.68. The number of carbonyl (C=O) groups is 3. The second-order valence-corrected chi connectivity index (χ2v) is 6.72. The molecule has 0 fully saturated rings. The molecule has 2 aromatic rings. The number of nitrogens with one attached hydrogen (secondary N) is 2. The fourth-order valence-corrected chi connectivity index (χ4v) is 3.04. The number of hydrogen-bond donors (Lipinski definition) is 2. The van der Waals surface area contributed by atoms with E-state index >= 15 is 0 Å². The molecule has 1 aliphatic heterocycles. The van der Waals surface area contributed by atoms with Crippen molar-refractivity contribution < 1.29 is 23.9 Å². The van der Waals surface area contributed by atoms with E-state index < -0.39 is 24.4 Å². The first kappa shape index (κ1) is 19.7. The molecule has 3 rings (SSSR count). The highest BCUT2D eigenvalue weighted by Crippen LogP contribution is 2.30. The number of ether oxygens (including phenoxy) is 2. The summed E-state index contributed by atoms with van der Waals surface area (Å²) in [6.07, 6.45) is 0.435. The molecule has 0 aromatic heterocycles. The molecule has 8 heteroatoms. The molecule has 0 radical (unpaired) electrons. The lowest BCUT2D eigenvalue weighted by Gasteiger charge is -2.24. The van der Waals surface area contributed by atoms with Crippen molar-refractivity contribution in [3.8, 4) is 5.75 Å². The Morgan fingerprint density at radius 2 is 2.04 bits per heavy atom. The van der Waals surface area contributed by atoms with Gasteiger partial charge in [-0.1, -0.05) is 17.7 Å². The van der Waals surface area contributed by atoms with Crippen LogP contribution in [0.15, 0.2) is 42.5 Å². The lowest BCUT2D eigenvalue weighted by Crippen LogP contribution is -2.32. The zero-order valence-electron chi connectivity index (χ0n) is 15.2. The molecule has 0 saturated carbocycles. The number of fused-ring (bicyclic) bond motifs is 1. The van der Waals surface area contributed by atoms with Gasteiger partial charge in [0.15, 0.2) is 6.61 Å². The van der Waals surface area contributed by atoms with E-state index in [0.717, 1.165) is 5.56 Å². The Balaban J connectivity index is 1.52. The van der Waals surface area contributed by atoms with Crippen LogP contribution in [0.1, 0.15) is 15.9 Å². The number of amides is 2. The average molecular weight is 403 g/mol. The predicted octanol–water partition coefficient (Wildman–Crippen LogP) is 2.43. The lowest BCUT2D eigenvalue weighted by atomic mass is 9.97. The predicted molar refractivity (Wildman–Crippen MR) is 104 cm³/mol. The molecule has 0 spiro atoms. The lowest BCUT2D eigenvalue weighted by molar-refractivity contribution is -0.152. The van der Waals surface area contributed by atoms with Crippen LogP contribution < -0.4 is 15.4 Å². The van der Waals surface area contributed by atoms with Crippen LogP contribution in [0.25, 0.3) is 0 Å². The van der Waals surface area contributed by atoms with Crippen molar-refractivity contribution in [2.75, 3.05) is 25.6 Å². The van der Waals surface area contributed by atoms with Gasteiger partial charge in [0, 0.05) is 23.3 Å². The van der Waals surface area contributed by atoms with Gasteiger partial charge in [0.25, 0.3) is 11.8 Å². The van der Waals surface area contributed by atoms with E-state index in [2.05, 4.69) is 10.6 Å². The molecule has 0 bridgehead atoms. The number of benzene rings is 2. The number of halogens is 1. The van der Waals surface area contributed by atoms with E-state index in [-0.39, 0.29) is 12.5 Å². The van der Waals surface area contributed by atoms with Gasteiger partial charge >= 0.3 is 5.97 Å². The molecule has 0 saturated heterocycles. The van der Waals surface area contributed by atoms with E-state index in [0.29, 0.717) is 28.4 Å². The minimum atomic E-state index is -0.514. The molecule has 2 N–H and O–H groups in total. The van der Waals surface area contributed by atoms with Crippen LogP contribution in [-0.4, -0.2) is 38.0 Å². The maximum absolute atomic E-state index is 12.3. The van der Waals surface area contributed by atoms with E-state index in [1.165, 1.54) is 13.1 Å². The second kappa shape index (κ2) is 8.75. The third-order valence-electron chi connectivity index (χ3n) is 4.24. The first-order valence-corrected chi connectivity index (χ1v) is 9.04. The van der Waals surface area contributed by atoms with Crippen LogP contribution in [-0.2, 0) is 20.7 Å². The van der Waals surface area contributed by atoms with Crippen LogP contribution in [0.3, 0.4) is 0 Å². The highest BCUT2D eigenvalue weighted by atomic mass is 35.5. The maximum Gasteiger partial charge on any atom is 0.313 e. The van der Waals surface area contributed by atoms with Crippen LogP contribution in [0, 0.1) is 5.92 Å². The maximum atomic E-state index is 12.3. The molecule has 1 unspecified atom stereocenters. The van der Waals surface area contributed by atoms with Crippen molar-refractivity contribution in [2.45, 2.75) is 6.42 Å². The summed E-state index contributed by atoms with van der Waals surface area (Å²) < 4.78 is 10.7. The molecular weight excluding hydrogens is 384 g/mol. The third-order valence-corrected chi connectivity index (χ3v) is 4.48. The topological polar surface area (TPSA) is 93.7 Å². The van der Waals surface area contributed by atoms with Gasteiger partial charge in [-0.3, -0.25) is 14.4 Å². The standard InChI is InChI=1S/C20H19ClN2O5/c1-22-19(25)12-3-2-4-16(9-12)23-18(24)11-28-20(26)14-7-13-8-15(21)5-6-17(13)27-10-14/h2-6,8-9,14H,7,10-11H2,1H3,(H,22,25)(H,23,24). The quantitative estimate of drug-likeness (QED) is 0.749. The Morgan fingerprint density at radius 1 is 1.21 bits per heavy atom. The van der Waals surface area contributed by atoms with E-state index in [9.17, 15) is 14.4 Å². The number of anilines is 1. The Labute approximate surface area is 167 Å². The van der Waals surface area contributed by atoms with E-state index in [4.69, 9.17) is 21.1 Å². The van der Waals surface area contributed by atoms with Gasteiger partial charge in [0.05, 0.1) is 5.92 Å². The first-order valence-electron chi connectivity index (χ1n) is 8.66. The molecule has 1 heterocycles. The summed E-state index contributed by atoms with van der Waals surface area (Å²) in [5, 5.41) is 5.67. The summed E-state index contributed by atoms with van der Waals surface area (Å²) >= 11 is 5.97. The van der Waals surface area contributed by atoms with Gasteiger partial charge in [-0.05, 0) is 48.4 Å². The van der Waals surface area contributed by atoms with E-state index in [1.807, 2.05) is 0 Å². The summed E-state index contributed by atoms with van der Waals surface area (Å²) in [4.78, 5) is 36.0. The highest BCUT2D eigenvalue weighted by Gasteiger charge is 2.28. The average Bonchev–Trinajstić information content (AvgIpc) is 2.71. The summed E-state index contributed by atoms with van der Waals surface area (Å²) in [6, 6.07) is 11.7. The molecule has 1 atom stereocenters. The first-order chi connectivity index (χ1) is 13.5. The molecule has 28 heavy (non-hydrogen) atoms. The molecule has 7 nitrogen and oxygen atoms in total. The molecule has 146 valence electrons. The van der Waals surface area contributed by atoms with Crippen molar-refractivity contribution in [3.05, 3.63) is 58.6 Å². The monoisotopic (exact) mass is 402 g/mol. The van der Waals surface area contributed by atoms with Crippen molar-refractivity contribution in [3.63, 3.8) is 0 Å². The fraction of sp³-hybridized carbons (Fsp3) is 0.250. The van der Waals surface area contributed by atoms with Gasteiger partial charge in [-0.25, -0.2) is 0 Å². The molecule has 2 amide bonds. The second-order valence-electron chi connectivity index (χ2n) is 6.28. The third kappa shape index (κ3) is 4.80. The minimum absolute atomic E-state index is 0.184. The van der Waals surface area contributed by atoms with Crippen LogP contribution in [0.2, 0.25) is 5.02 Å². The van der Waals surface area contributed by atoms with Crippen LogP contribution >= 0.6 is 11.6 Å². The zero-order chi connectivity index (χ0) is 20.1. The van der Waals surface area contributed by atoms with Gasteiger partial charge in [-0.15, -0.1) is 0 Å². The zero-order valence-corrected chi connectivity index (χ0v) is 15.9. The smallest absolute Gasteiger partial charge is 0.313 e. The summed E-state index contributed by atoms with van der Waals surface area (Å²) in [7, 11) is 1.52. The van der Waals surface area contributed by atoms with Gasteiger partial charge < -0.3 is 20.1 Å². The van der Waals surface area contributed by atoms with Crippen LogP contribution in [0.4, 0.5) is 5.69 Å². The minimum Gasteiger partial charge on any atom is -0.492 e. The molecule has 0 aliphatic carbocycles. The van der Waals surface area contributed by atoms with E-state index in [1.54, 1.807) is 36.4 Å². The Kier molecular flexibility index (Phi) is 6.16. The normalized spacial score (nSPS) is 15.0. The number of rotatable bonds is 5. The van der Waals surface area contributed by atoms with Crippen molar-refractivity contribution in [2.24, 2.45) is 5.92 Å². The Bertz CT molecular complexity index is 915. The summed E-state index contributed by atoms with van der Waals surface area (Å²) in [6.45, 7) is -0.245. The Hall–Kier alpha value is -3.06.